The maximum absolute atomic E-state index is 10.3. The molecule has 3 nitrogen and oxygen atoms in total. The Kier molecular flexibility index (Phi) is 4.23. The summed E-state index contributed by atoms with van der Waals surface area (Å²) in [5, 5.41) is 14.2. The van der Waals surface area contributed by atoms with Crippen LogP contribution in [0.15, 0.2) is 12.1 Å². The molecule has 0 amide bonds. The Balaban J connectivity index is 1.78. The van der Waals surface area contributed by atoms with Crippen LogP contribution in [0.3, 0.4) is 0 Å². The van der Waals surface area contributed by atoms with Gasteiger partial charge in [-0.05, 0) is 62.4 Å². The van der Waals surface area contributed by atoms with Gasteiger partial charge in [0.15, 0.2) is 0 Å². The lowest BCUT2D eigenvalue weighted by Crippen LogP contribution is -2.46. The third-order valence-electron chi connectivity index (χ3n) is 5.30. The fourth-order valence-corrected chi connectivity index (χ4v) is 4.26. The SMILES string of the molecule is CCN1CCCC(NC2CC(C)c3c(C)ccc(O)c32)C1. The Hall–Kier alpha value is -1.06. The summed E-state index contributed by atoms with van der Waals surface area (Å²) in [6.07, 6.45) is 3.64. The number of nitrogens with zero attached hydrogens (tertiary/aromatic N) is 1. The maximum Gasteiger partial charge on any atom is 0.120 e. The average Bonchev–Trinajstić information content (AvgIpc) is 2.81. The second-order valence-corrected chi connectivity index (χ2v) is 6.82. The topological polar surface area (TPSA) is 35.5 Å². The van der Waals surface area contributed by atoms with Crippen molar-refractivity contribution in [3.05, 3.63) is 28.8 Å². The number of piperidine rings is 1. The molecule has 3 rings (SSSR count). The Morgan fingerprint density at radius 2 is 2.14 bits per heavy atom. The van der Waals surface area contributed by atoms with Gasteiger partial charge in [-0.25, -0.2) is 0 Å². The minimum atomic E-state index is 0.316. The number of hydrogen-bond donors (Lipinski definition) is 2. The third-order valence-corrected chi connectivity index (χ3v) is 5.30. The van der Waals surface area contributed by atoms with E-state index in [1.165, 1.54) is 30.5 Å². The highest BCUT2D eigenvalue weighted by atomic mass is 16.3. The van der Waals surface area contributed by atoms with Gasteiger partial charge < -0.3 is 15.3 Å². The number of phenols is 1. The number of likely N-dealkylation sites (N-methyl/N-ethyl adjacent to an activating group) is 1. The minimum Gasteiger partial charge on any atom is -0.508 e. The van der Waals surface area contributed by atoms with E-state index in [0.29, 0.717) is 23.8 Å². The first-order valence-electron chi connectivity index (χ1n) is 8.41. The van der Waals surface area contributed by atoms with Crippen LogP contribution in [-0.4, -0.2) is 35.7 Å². The lowest BCUT2D eigenvalue weighted by Gasteiger charge is -2.34. The van der Waals surface area contributed by atoms with Crippen molar-refractivity contribution in [1.29, 1.82) is 0 Å². The number of phenolic OH excluding ortho intramolecular Hbond substituents is 1. The molecule has 2 N–H and O–H groups in total. The van der Waals surface area contributed by atoms with Gasteiger partial charge in [-0.15, -0.1) is 0 Å². The predicted octanol–water partition coefficient (Wildman–Crippen LogP) is 3.32. The van der Waals surface area contributed by atoms with Gasteiger partial charge in [0, 0.05) is 24.2 Å². The van der Waals surface area contributed by atoms with E-state index in [0.717, 1.165) is 25.1 Å². The summed E-state index contributed by atoms with van der Waals surface area (Å²) < 4.78 is 0. The van der Waals surface area contributed by atoms with Crippen LogP contribution in [0.1, 0.15) is 61.8 Å². The van der Waals surface area contributed by atoms with E-state index in [-0.39, 0.29) is 0 Å². The van der Waals surface area contributed by atoms with Crippen LogP contribution in [-0.2, 0) is 0 Å². The number of likely N-dealkylation sites (tertiary alicyclic amines) is 1. The van der Waals surface area contributed by atoms with Crippen LogP contribution in [0.2, 0.25) is 0 Å². The van der Waals surface area contributed by atoms with Gasteiger partial charge in [-0.2, -0.15) is 0 Å². The first-order valence-corrected chi connectivity index (χ1v) is 8.41. The molecule has 0 saturated carbocycles. The maximum atomic E-state index is 10.3. The summed E-state index contributed by atoms with van der Waals surface area (Å²) >= 11 is 0. The van der Waals surface area contributed by atoms with Gasteiger partial charge in [0.05, 0.1) is 0 Å². The van der Waals surface area contributed by atoms with Crippen molar-refractivity contribution >= 4 is 0 Å². The molecule has 1 fully saturated rings. The average molecular weight is 288 g/mol. The van der Waals surface area contributed by atoms with Crippen molar-refractivity contribution in [1.82, 2.24) is 10.2 Å². The molecule has 3 heteroatoms. The summed E-state index contributed by atoms with van der Waals surface area (Å²) in [6, 6.07) is 4.78. The molecule has 0 spiro atoms. The monoisotopic (exact) mass is 288 g/mol. The molecule has 3 unspecified atom stereocenters. The van der Waals surface area contributed by atoms with Crippen molar-refractivity contribution in [2.24, 2.45) is 0 Å². The second kappa shape index (κ2) is 5.98. The van der Waals surface area contributed by atoms with E-state index in [4.69, 9.17) is 0 Å². The number of benzene rings is 1. The molecule has 1 aromatic rings. The van der Waals surface area contributed by atoms with Gasteiger partial charge in [-0.3, -0.25) is 0 Å². The van der Waals surface area contributed by atoms with Crippen LogP contribution in [0, 0.1) is 6.92 Å². The molecule has 0 aromatic heterocycles. The summed E-state index contributed by atoms with van der Waals surface area (Å²) in [4.78, 5) is 2.52. The summed E-state index contributed by atoms with van der Waals surface area (Å²) in [7, 11) is 0. The van der Waals surface area contributed by atoms with Gasteiger partial charge >= 0.3 is 0 Å². The van der Waals surface area contributed by atoms with Crippen LogP contribution >= 0.6 is 0 Å². The fraction of sp³-hybridized carbons (Fsp3) is 0.667. The molecule has 2 aliphatic rings. The highest BCUT2D eigenvalue weighted by Crippen LogP contribution is 2.46. The normalized spacial score (nSPS) is 29.6. The Labute approximate surface area is 128 Å². The van der Waals surface area contributed by atoms with E-state index in [2.05, 4.69) is 31.0 Å². The molecule has 1 heterocycles. The lowest BCUT2D eigenvalue weighted by atomic mass is 9.97. The molecular weight excluding hydrogens is 260 g/mol. The van der Waals surface area contributed by atoms with Crippen LogP contribution in [0.25, 0.3) is 0 Å². The standard InChI is InChI=1S/C18H28N2O/c1-4-20-9-5-6-14(11-20)19-15-10-13(3)17-12(2)7-8-16(21)18(15)17/h7-8,13-15,19,21H,4-6,9-11H2,1-3H3. The van der Waals surface area contributed by atoms with Crippen LogP contribution in [0.5, 0.6) is 5.75 Å². The van der Waals surface area contributed by atoms with Crippen molar-refractivity contribution in [3.63, 3.8) is 0 Å². The zero-order valence-electron chi connectivity index (χ0n) is 13.5. The number of aryl methyl sites for hydroxylation is 1. The van der Waals surface area contributed by atoms with Crippen LogP contribution < -0.4 is 5.32 Å². The third kappa shape index (κ3) is 2.82. The Morgan fingerprint density at radius 1 is 1.33 bits per heavy atom. The molecule has 116 valence electrons. The molecule has 0 radical (unpaired) electrons. The minimum absolute atomic E-state index is 0.316. The Bertz CT molecular complexity index is 514. The summed E-state index contributed by atoms with van der Waals surface area (Å²) in [5.41, 5.74) is 3.85. The number of aromatic hydroxyl groups is 1. The first kappa shape index (κ1) is 14.9. The number of fused-ring (bicyclic) bond motifs is 1. The molecule has 1 saturated heterocycles. The van der Waals surface area contributed by atoms with Crippen molar-refractivity contribution in [2.45, 2.75) is 58.0 Å². The van der Waals surface area contributed by atoms with Gasteiger partial charge in [-0.1, -0.05) is 19.9 Å². The molecule has 0 bridgehead atoms. The van der Waals surface area contributed by atoms with E-state index in [1.807, 2.05) is 12.1 Å². The fourth-order valence-electron chi connectivity index (χ4n) is 4.26. The zero-order valence-corrected chi connectivity index (χ0v) is 13.5. The number of rotatable bonds is 3. The van der Waals surface area contributed by atoms with Gasteiger partial charge in [0.2, 0.25) is 0 Å². The molecule has 3 atom stereocenters. The predicted molar refractivity (Wildman–Crippen MR) is 86.9 cm³/mol. The van der Waals surface area contributed by atoms with E-state index >= 15 is 0 Å². The second-order valence-electron chi connectivity index (χ2n) is 6.82. The molecule has 1 aliphatic heterocycles. The van der Waals surface area contributed by atoms with E-state index in [9.17, 15) is 5.11 Å². The van der Waals surface area contributed by atoms with Crippen molar-refractivity contribution < 1.29 is 5.11 Å². The number of hydrogen-bond acceptors (Lipinski definition) is 3. The summed E-state index contributed by atoms with van der Waals surface area (Å²) in [6.45, 7) is 10.2. The zero-order chi connectivity index (χ0) is 15.0. The highest BCUT2D eigenvalue weighted by molar-refractivity contribution is 5.50. The molecular formula is C18H28N2O. The highest BCUT2D eigenvalue weighted by Gasteiger charge is 2.34. The lowest BCUT2D eigenvalue weighted by molar-refractivity contribution is 0.189. The largest absolute Gasteiger partial charge is 0.508 e. The smallest absolute Gasteiger partial charge is 0.120 e. The van der Waals surface area contributed by atoms with Gasteiger partial charge in [0.25, 0.3) is 0 Å². The first-order chi connectivity index (χ1) is 10.1. The number of nitrogens with one attached hydrogen (secondary N) is 1. The Morgan fingerprint density at radius 3 is 2.90 bits per heavy atom. The quantitative estimate of drug-likeness (QED) is 0.895. The molecule has 1 aliphatic carbocycles. The van der Waals surface area contributed by atoms with E-state index < -0.39 is 0 Å². The van der Waals surface area contributed by atoms with Gasteiger partial charge in [0.1, 0.15) is 5.75 Å². The molecule has 1 aromatic carbocycles. The van der Waals surface area contributed by atoms with Crippen LogP contribution in [0.4, 0.5) is 0 Å². The molecule has 21 heavy (non-hydrogen) atoms. The summed E-state index contributed by atoms with van der Waals surface area (Å²) in [5.74, 6) is 1.01. The van der Waals surface area contributed by atoms with Crippen molar-refractivity contribution in [2.75, 3.05) is 19.6 Å². The van der Waals surface area contributed by atoms with E-state index in [1.54, 1.807) is 0 Å². The van der Waals surface area contributed by atoms with Crippen molar-refractivity contribution in [3.8, 4) is 5.75 Å².